The molecular formula is C14H26ClNO4. The molecule has 0 aromatic heterocycles. The maximum atomic E-state index is 11.7. The van der Waals surface area contributed by atoms with E-state index in [1.54, 1.807) is 0 Å². The summed E-state index contributed by atoms with van der Waals surface area (Å²) in [6.45, 7) is 8.16. The quantitative estimate of drug-likeness (QED) is 0.425. The van der Waals surface area contributed by atoms with Crippen molar-refractivity contribution in [3.63, 3.8) is 0 Å². The highest BCUT2D eigenvalue weighted by Crippen LogP contribution is 2.15. The standard InChI is InChI=1S/C14H26ClNO4/c1-11(12(17)20-14(2,3)4)7-5-6-9-16-13(18)19-10-8-15/h11H,5-10H2,1-4H3,(H,16,18)/t11-/m0/s1. The summed E-state index contributed by atoms with van der Waals surface area (Å²) in [5.41, 5.74) is -0.445. The van der Waals surface area contributed by atoms with Crippen molar-refractivity contribution in [1.82, 2.24) is 5.32 Å². The Balaban J connectivity index is 3.64. The lowest BCUT2D eigenvalue weighted by molar-refractivity contribution is -0.159. The predicted octanol–water partition coefficient (Wildman–Crippen LogP) is 3.10. The maximum absolute atomic E-state index is 11.7. The second kappa shape index (κ2) is 9.86. The van der Waals surface area contributed by atoms with Gasteiger partial charge in [0.2, 0.25) is 0 Å². The average molecular weight is 308 g/mol. The number of amides is 1. The van der Waals surface area contributed by atoms with Crippen LogP contribution in [-0.4, -0.2) is 36.7 Å². The number of ether oxygens (including phenoxy) is 2. The Bertz CT molecular complexity index is 302. The van der Waals surface area contributed by atoms with Gasteiger partial charge in [-0.1, -0.05) is 13.3 Å². The van der Waals surface area contributed by atoms with Crippen molar-refractivity contribution in [1.29, 1.82) is 0 Å². The number of esters is 1. The van der Waals surface area contributed by atoms with E-state index in [-0.39, 0.29) is 18.5 Å². The highest BCUT2D eigenvalue weighted by Gasteiger charge is 2.21. The number of rotatable bonds is 8. The van der Waals surface area contributed by atoms with Crippen LogP contribution in [0.2, 0.25) is 0 Å². The molecule has 0 fully saturated rings. The molecule has 6 heteroatoms. The lowest BCUT2D eigenvalue weighted by atomic mass is 10.0. The number of alkyl halides is 1. The van der Waals surface area contributed by atoms with Crippen molar-refractivity contribution in [3.8, 4) is 0 Å². The first-order valence-electron chi connectivity index (χ1n) is 6.95. The van der Waals surface area contributed by atoms with Gasteiger partial charge >= 0.3 is 12.1 Å². The maximum Gasteiger partial charge on any atom is 0.407 e. The number of halogens is 1. The van der Waals surface area contributed by atoms with Gasteiger partial charge in [0.25, 0.3) is 0 Å². The fourth-order valence-corrected chi connectivity index (χ4v) is 1.55. The Labute approximate surface area is 126 Å². The average Bonchev–Trinajstić information content (AvgIpc) is 2.33. The number of carbonyl (C=O) groups excluding carboxylic acids is 2. The van der Waals surface area contributed by atoms with Crippen molar-refractivity contribution in [2.24, 2.45) is 5.92 Å². The van der Waals surface area contributed by atoms with Crippen molar-refractivity contribution in [3.05, 3.63) is 0 Å². The molecule has 1 atom stereocenters. The molecule has 5 nitrogen and oxygen atoms in total. The third kappa shape index (κ3) is 10.9. The molecule has 0 saturated heterocycles. The van der Waals surface area contributed by atoms with Crippen LogP contribution in [0.4, 0.5) is 4.79 Å². The third-order valence-corrected chi connectivity index (χ3v) is 2.61. The molecule has 1 amide bonds. The molecule has 0 aliphatic rings. The molecule has 0 spiro atoms. The largest absolute Gasteiger partial charge is 0.460 e. The van der Waals surface area contributed by atoms with E-state index in [0.717, 1.165) is 19.3 Å². The van der Waals surface area contributed by atoms with Crippen LogP contribution in [-0.2, 0) is 14.3 Å². The van der Waals surface area contributed by atoms with Crippen molar-refractivity contribution < 1.29 is 19.1 Å². The molecule has 0 radical (unpaired) electrons. The number of nitrogens with one attached hydrogen (secondary N) is 1. The number of unbranched alkanes of at least 4 members (excludes halogenated alkanes) is 1. The van der Waals surface area contributed by atoms with Crippen molar-refractivity contribution in [2.45, 2.75) is 52.6 Å². The first-order chi connectivity index (χ1) is 9.26. The van der Waals surface area contributed by atoms with Crippen molar-refractivity contribution in [2.75, 3.05) is 19.0 Å². The molecule has 0 heterocycles. The smallest absolute Gasteiger partial charge is 0.407 e. The minimum absolute atomic E-state index is 0.127. The van der Waals surface area contributed by atoms with E-state index in [4.69, 9.17) is 21.1 Å². The molecular weight excluding hydrogens is 282 g/mol. The van der Waals surface area contributed by atoms with Crippen LogP contribution < -0.4 is 5.32 Å². The van der Waals surface area contributed by atoms with E-state index in [2.05, 4.69) is 5.32 Å². The molecule has 118 valence electrons. The first kappa shape index (κ1) is 19.0. The van der Waals surface area contributed by atoms with Crippen LogP contribution in [0.1, 0.15) is 47.0 Å². The van der Waals surface area contributed by atoms with Gasteiger partial charge in [-0.15, -0.1) is 11.6 Å². The second-order valence-electron chi connectivity index (χ2n) is 5.68. The Morgan fingerprint density at radius 1 is 1.25 bits per heavy atom. The third-order valence-electron chi connectivity index (χ3n) is 2.45. The van der Waals surface area contributed by atoms with Crippen LogP contribution in [0.5, 0.6) is 0 Å². The fourth-order valence-electron chi connectivity index (χ4n) is 1.47. The van der Waals surface area contributed by atoms with Gasteiger partial charge < -0.3 is 14.8 Å². The van der Waals surface area contributed by atoms with Crippen LogP contribution >= 0.6 is 11.6 Å². The fraction of sp³-hybridized carbons (Fsp3) is 0.857. The second-order valence-corrected chi connectivity index (χ2v) is 6.06. The summed E-state index contributed by atoms with van der Waals surface area (Å²) < 4.78 is 10.1. The van der Waals surface area contributed by atoms with Gasteiger partial charge in [0, 0.05) is 6.54 Å². The molecule has 0 aliphatic carbocycles. The van der Waals surface area contributed by atoms with Gasteiger partial charge in [0.05, 0.1) is 11.8 Å². The molecule has 0 unspecified atom stereocenters. The van der Waals surface area contributed by atoms with Crippen LogP contribution in [0, 0.1) is 5.92 Å². The normalized spacial score (nSPS) is 12.7. The topological polar surface area (TPSA) is 64.6 Å². The van der Waals surface area contributed by atoms with E-state index in [1.807, 2.05) is 27.7 Å². The van der Waals surface area contributed by atoms with Gasteiger partial charge in [-0.2, -0.15) is 0 Å². The summed E-state index contributed by atoms with van der Waals surface area (Å²) >= 11 is 5.39. The predicted molar refractivity (Wildman–Crippen MR) is 78.9 cm³/mol. The zero-order valence-electron chi connectivity index (χ0n) is 12.8. The Kier molecular flexibility index (Phi) is 9.38. The van der Waals surface area contributed by atoms with Gasteiger partial charge in [-0.05, 0) is 33.6 Å². The molecule has 20 heavy (non-hydrogen) atoms. The Hall–Kier alpha value is -0.970. The zero-order chi connectivity index (χ0) is 15.6. The summed E-state index contributed by atoms with van der Waals surface area (Å²) in [5, 5.41) is 2.62. The van der Waals surface area contributed by atoms with Crippen LogP contribution in [0.25, 0.3) is 0 Å². The lowest BCUT2D eigenvalue weighted by Gasteiger charge is -2.22. The summed E-state index contributed by atoms with van der Waals surface area (Å²) in [6.07, 6.45) is 1.93. The summed E-state index contributed by atoms with van der Waals surface area (Å²) in [7, 11) is 0. The van der Waals surface area contributed by atoms with Gasteiger partial charge in [0.15, 0.2) is 0 Å². The molecule has 1 N–H and O–H groups in total. The van der Waals surface area contributed by atoms with Crippen molar-refractivity contribution >= 4 is 23.7 Å². The van der Waals surface area contributed by atoms with Gasteiger partial charge in [-0.25, -0.2) is 4.79 Å². The summed E-state index contributed by atoms with van der Waals surface area (Å²) in [4.78, 5) is 22.8. The SMILES string of the molecule is C[C@@H](CCCCNC(=O)OCCCl)C(=O)OC(C)(C)C. The monoisotopic (exact) mass is 307 g/mol. The zero-order valence-corrected chi connectivity index (χ0v) is 13.6. The van der Waals surface area contributed by atoms with E-state index >= 15 is 0 Å². The molecule has 0 rings (SSSR count). The van der Waals surface area contributed by atoms with E-state index in [1.165, 1.54) is 0 Å². The summed E-state index contributed by atoms with van der Waals surface area (Å²) in [6, 6.07) is 0. The van der Waals surface area contributed by atoms with Crippen LogP contribution in [0.15, 0.2) is 0 Å². The minimum atomic E-state index is -0.453. The van der Waals surface area contributed by atoms with Crippen LogP contribution in [0.3, 0.4) is 0 Å². The minimum Gasteiger partial charge on any atom is -0.460 e. The van der Waals surface area contributed by atoms with E-state index in [9.17, 15) is 9.59 Å². The first-order valence-corrected chi connectivity index (χ1v) is 7.49. The van der Waals surface area contributed by atoms with Gasteiger partial charge in [-0.3, -0.25) is 4.79 Å². The highest BCUT2D eigenvalue weighted by molar-refractivity contribution is 6.18. The van der Waals surface area contributed by atoms with Gasteiger partial charge in [0.1, 0.15) is 12.2 Å². The Morgan fingerprint density at radius 2 is 1.90 bits per heavy atom. The molecule has 0 aromatic carbocycles. The molecule has 0 saturated carbocycles. The number of carbonyl (C=O) groups is 2. The summed E-state index contributed by atoms with van der Waals surface area (Å²) in [5.74, 6) is -0.00899. The number of alkyl carbamates (subject to hydrolysis) is 1. The molecule has 0 bridgehead atoms. The Morgan fingerprint density at radius 3 is 2.45 bits per heavy atom. The molecule has 0 aromatic rings. The number of hydrogen-bond donors (Lipinski definition) is 1. The number of hydrogen-bond acceptors (Lipinski definition) is 4. The highest BCUT2D eigenvalue weighted by atomic mass is 35.5. The van der Waals surface area contributed by atoms with E-state index < -0.39 is 11.7 Å². The van der Waals surface area contributed by atoms with E-state index in [0.29, 0.717) is 12.4 Å². The molecule has 0 aliphatic heterocycles. The lowest BCUT2D eigenvalue weighted by Crippen LogP contribution is -2.28.